The van der Waals surface area contributed by atoms with E-state index in [1.165, 1.54) is 31.4 Å². The van der Waals surface area contributed by atoms with Crippen molar-refractivity contribution < 1.29 is 8.42 Å². The third-order valence-corrected chi connectivity index (χ3v) is 4.86. The summed E-state index contributed by atoms with van der Waals surface area (Å²) in [6.45, 7) is 5.25. The van der Waals surface area contributed by atoms with Crippen LogP contribution < -0.4 is 16.2 Å². The lowest BCUT2D eigenvalue weighted by Crippen LogP contribution is -2.41. The van der Waals surface area contributed by atoms with Crippen molar-refractivity contribution in [3.8, 4) is 0 Å². The van der Waals surface area contributed by atoms with Gasteiger partial charge in [0.05, 0.1) is 16.3 Å². The molecule has 21 heavy (non-hydrogen) atoms. The molecule has 1 aromatic carbocycles. The number of primary sulfonamides is 1. The molecule has 6 nitrogen and oxygen atoms in total. The van der Waals surface area contributed by atoms with Crippen LogP contribution in [0.15, 0.2) is 23.1 Å². The Kier molecular flexibility index (Phi) is 5.08. The minimum atomic E-state index is -3.71. The second-order valence-corrected chi connectivity index (χ2v) is 7.18. The van der Waals surface area contributed by atoms with Gasteiger partial charge >= 0.3 is 0 Å². The van der Waals surface area contributed by atoms with Gasteiger partial charge in [0.1, 0.15) is 0 Å². The number of likely N-dealkylation sites (tertiary alicyclic amines) is 1. The average Bonchev–Trinajstić information content (AvgIpc) is 2.45. The molecule has 1 aliphatic heterocycles. The predicted molar refractivity (Wildman–Crippen MR) is 85.6 cm³/mol. The Hall–Kier alpha value is -1.31. The van der Waals surface area contributed by atoms with E-state index in [-0.39, 0.29) is 4.90 Å². The van der Waals surface area contributed by atoms with E-state index in [0.717, 1.165) is 25.3 Å². The quantitative estimate of drug-likeness (QED) is 0.709. The molecule has 1 heterocycles. The van der Waals surface area contributed by atoms with Crippen molar-refractivity contribution in [2.45, 2.75) is 37.1 Å². The summed E-state index contributed by atoms with van der Waals surface area (Å²) in [5.41, 5.74) is 7.02. The molecule has 1 aliphatic rings. The Morgan fingerprint density at radius 3 is 2.52 bits per heavy atom. The average molecular weight is 312 g/mol. The smallest absolute Gasteiger partial charge is 0.238 e. The molecule has 0 aliphatic carbocycles. The van der Waals surface area contributed by atoms with E-state index in [0.29, 0.717) is 11.7 Å². The lowest BCUT2D eigenvalue weighted by atomic mass is 10.1. The monoisotopic (exact) mass is 312 g/mol. The molecule has 0 aromatic heterocycles. The molecule has 7 heteroatoms. The fourth-order valence-electron chi connectivity index (χ4n) is 2.62. The summed E-state index contributed by atoms with van der Waals surface area (Å²) in [7, 11) is -3.71. The highest BCUT2D eigenvalue weighted by Gasteiger charge is 2.17. The largest absolute Gasteiger partial charge is 0.397 e. The molecular formula is C14H24N4O2S. The van der Waals surface area contributed by atoms with Crippen LogP contribution in [0, 0.1) is 0 Å². The highest BCUT2D eigenvalue weighted by atomic mass is 32.2. The van der Waals surface area contributed by atoms with Gasteiger partial charge in [-0.15, -0.1) is 0 Å². The van der Waals surface area contributed by atoms with E-state index in [9.17, 15) is 8.42 Å². The van der Waals surface area contributed by atoms with Crippen LogP contribution in [0.25, 0.3) is 0 Å². The summed E-state index contributed by atoms with van der Waals surface area (Å²) in [6.07, 6.45) is 3.84. The minimum Gasteiger partial charge on any atom is -0.397 e. The van der Waals surface area contributed by atoms with Gasteiger partial charge in [-0.1, -0.05) is 6.42 Å². The standard InChI is InChI=1S/C14H24N4O2S/c1-11(18-7-3-2-4-8-18)10-17-14-6-5-12(9-13(14)15)21(16,19)20/h5-6,9,11,17H,2-4,7-8,10,15H2,1H3,(H2,16,19,20). The van der Waals surface area contributed by atoms with Crippen molar-refractivity contribution in [2.75, 3.05) is 30.7 Å². The third-order valence-electron chi connectivity index (χ3n) is 3.95. The van der Waals surface area contributed by atoms with Gasteiger partial charge in [0.15, 0.2) is 0 Å². The zero-order valence-electron chi connectivity index (χ0n) is 12.4. The zero-order chi connectivity index (χ0) is 15.5. The number of anilines is 2. The second-order valence-electron chi connectivity index (χ2n) is 5.62. The summed E-state index contributed by atoms with van der Waals surface area (Å²) >= 11 is 0. The Balaban J connectivity index is 1.97. The van der Waals surface area contributed by atoms with E-state index in [1.54, 1.807) is 6.07 Å². The Morgan fingerprint density at radius 1 is 1.29 bits per heavy atom. The number of nitrogens with two attached hydrogens (primary N) is 2. The highest BCUT2D eigenvalue weighted by molar-refractivity contribution is 7.89. The van der Waals surface area contributed by atoms with E-state index < -0.39 is 10.0 Å². The van der Waals surface area contributed by atoms with Crippen LogP contribution >= 0.6 is 0 Å². The number of nitrogen functional groups attached to an aromatic ring is 1. The Bertz CT molecular complexity index is 583. The van der Waals surface area contributed by atoms with Crippen LogP contribution in [0.2, 0.25) is 0 Å². The molecule has 118 valence electrons. The topological polar surface area (TPSA) is 101 Å². The maximum atomic E-state index is 11.3. The summed E-state index contributed by atoms with van der Waals surface area (Å²) in [6, 6.07) is 4.95. The number of hydrogen-bond donors (Lipinski definition) is 3. The molecule has 0 saturated carbocycles. The SMILES string of the molecule is CC(CNc1ccc(S(N)(=O)=O)cc1N)N1CCCCC1. The van der Waals surface area contributed by atoms with Gasteiger partial charge in [-0.3, -0.25) is 4.90 Å². The van der Waals surface area contributed by atoms with Crippen LogP contribution in [-0.4, -0.2) is 39.0 Å². The molecule has 0 bridgehead atoms. The van der Waals surface area contributed by atoms with Gasteiger partial charge < -0.3 is 11.1 Å². The van der Waals surface area contributed by atoms with Crippen molar-refractivity contribution in [3.63, 3.8) is 0 Å². The van der Waals surface area contributed by atoms with Crippen molar-refractivity contribution in [3.05, 3.63) is 18.2 Å². The first kappa shape index (κ1) is 16.1. The fourth-order valence-corrected chi connectivity index (χ4v) is 3.17. The molecular weight excluding hydrogens is 288 g/mol. The van der Waals surface area contributed by atoms with Crippen LogP contribution in [0.1, 0.15) is 26.2 Å². The van der Waals surface area contributed by atoms with Crippen molar-refractivity contribution in [1.29, 1.82) is 0 Å². The molecule has 1 atom stereocenters. The fraction of sp³-hybridized carbons (Fsp3) is 0.571. The summed E-state index contributed by atoms with van der Waals surface area (Å²) < 4.78 is 22.5. The Morgan fingerprint density at radius 2 is 1.95 bits per heavy atom. The second kappa shape index (κ2) is 6.64. The normalized spacial score (nSPS) is 18.4. The third kappa shape index (κ3) is 4.33. The maximum absolute atomic E-state index is 11.3. The van der Waals surface area contributed by atoms with Crippen molar-refractivity contribution in [1.82, 2.24) is 4.90 Å². The van der Waals surface area contributed by atoms with Crippen LogP contribution in [-0.2, 0) is 10.0 Å². The first-order chi connectivity index (χ1) is 9.88. The summed E-state index contributed by atoms with van der Waals surface area (Å²) in [4.78, 5) is 2.50. The lowest BCUT2D eigenvalue weighted by Gasteiger charge is -2.32. The lowest BCUT2D eigenvalue weighted by molar-refractivity contribution is 0.180. The van der Waals surface area contributed by atoms with Crippen LogP contribution in [0.4, 0.5) is 11.4 Å². The predicted octanol–water partition coefficient (Wildman–Crippen LogP) is 1.20. The first-order valence-electron chi connectivity index (χ1n) is 7.28. The number of sulfonamides is 1. The number of benzene rings is 1. The zero-order valence-corrected chi connectivity index (χ0v) is 13.2. The van der Waals surface area contributed by atoms with E-state index >= 15 is 0 Å². The summed E-state index contributed by atoms with van der Waals surface area (Å²) in [5.74, 6) is 0. The Labute approximate surface area is 126 Å². The highest BCUT2D eigenvalue weighted by Crippen LogP contribution is 2.22. The number of rotatable bonds is 5. The molecule has 0 spiro atoms. The van der Waals surface area contributed by atoms with E-state index in [1.807, 2.05) is 0 Å². The van der Waals surface area contributed by atoms with Gasteiger partial charge in [0.2, 0.25) is 10.0 Å². The minimum absolute atomic E-state index is 0.0367. The van der Waals surface area contributed by atoms with Gasteiger partial charge in [-0.05, 0) is 51.1 Å². The number of piperidine rings is 1. The number of hydrogen-bond acceptors (Lipinski definition) is 5. The maximum Gasteiger partial charge on any atom is 0.238 e. The molecule has 1 unspecified atom stereocenters. The van der Waals surface area contributed by atoms with Gasteiger partial charge in [-0.25, -0.2) is 13.6 Å². The molecule has 1 fully saturated rings. The first-order valence-corrected chi connectivity index (χ1v) is 8.83. The number of nitrogens with zero attached hydrogens (tertiary/aromatic N) is 1. The van der Waals surface area contributed by atoms with Crippen molar-refractivity contribution in [2.24, 2.45) is 5.14 Å². The van der Waals surface area contributed by atoms with Crippen molar-refractivity contribution >= 4 is 21.4 Å². The number of nitrogens with one attached hydrogen (secondary N) is 1. The molecule has 1 saturated heterocycles. The van der Waals surface area contributed by atoms with Crippen LogP contribution in [0.5, 0.6) is 0 Å². The van der Waals surface area contributed by atoms with Crippen LogP contribution in [0.3, 0.4) is 0 Å². The van der Waals surface area contributed by atoms with Gasteiger partial charge in [0.25, 0.3) is 0 Å². The van der Waals surface area contributed by atoms with Gasteiger partial charge in [0, 0.05) is 12.6 Å². The summed E-state index contributed by atoms with van der Waals surface area (Å²) in [5, 5.41) is 8.37. The molecule has 2 rings (SSSR count). The van der Waals surface area contributed by atoms with Gasteiger partial charge in [-0.2, -0.15) is 0 Å². The molecule has 0 amide bonds. The molecule has 0 radical (unpaired) electrons. The molecule has 5 N–H and O–H groups in total. The van der Waals surface area contributed by atoms with E-state index in [4.69, 9.17) is 10.9 Å². The molecule has 1 aromatic rings. The van der Waals surface area contributed by atoms with E-state index in [2.05, 4.69) is 17.1 Å².